The van der Waals surface area contributed by atoms with Gasteiger partial charge < -0.3 is 15.5 Å². The summed E-state index contributed by atoms with van der Waals surface area (Å²) in [6.45, 7) is 4.50. The van der Waals surface area contributed by atoms with Crippen molar-refractivity contribution in [1.82, 2.24) is 15.5 Å². The molecular formula is C20H29N3O2. The molecule has 1 aliphatic heterocycles. The van der Waals surface area contributed by atoms with Crippen molar-refractivity contribution in [3.8, 4) is 0 Å². The van der Waals surface area contributed by atoms with E-state index >= 15 is 0 Å². The van der Waals surface area contributed by atoms with Gasteiger partial charge in [-0.05, 0) is 38.2 Å². The number of piperidine rings is 1. The first-order chi connectivity index (χ1) is 12.1. The Labute approximate surface area is 150 Å². The monoisotopic (exact) mass is 343 g/mol. The summed E-state index contributed by atoms with van der Waals surface area (Å²) in [7, 11) is 0. The van der Waals surface area contributed by atoms with Crippen LogP contribution in [0.3, 0.4) is 0 Å². The summed E-state index contributed by atoms with van der Waals surface area (Å²) < 4.78 is 0. The predicted molar refractivity (Wildman–Crippen MR) is 98.4 cm³/mol. The van der Waals surface area contributed by atoms with E-state index in [2.05, 4.69) is 34.9 Å². The molecule has 1 aromatic rings. The van der Waals surface area contributed by atoms with Gasteiger partial charge in [-0.25, -0.2) is 4.79 Å². The van der Waals surface area contributed by atoms with E-state index in [1.807, 2.05) is 13.0 Å². The van der Waals surface area contributed by atoms with E-state index in [-0.39, 0.29) is 23.3 Å². The first-order valence-corrected chi connectivity index (χ1v) is 9.51. The highest BCUT2D eigenvalue weighted by Gasteiger charge is 2.39. The first kappa shape index (κ1) is 17.8. The number of carbonyl (C=O) groups is 2. The minimum absolute atomic E-state index is 0.0313. The van der Waals surface area contributed by atoms with E-state index in [1.54, 1.807) is 4.90 Å². The molecule has 2 fully saturated rings. The van der Waals surface area contributed by atoms with E-state index in [1.165, 1.54) is 12.0 Å². The lowest BCUT2D eigenvalue weighted by molar-refractivity contribution is -0.126. The topological polar surface area (TPSA) is 61.4 Å². The SMILES string of the molecule is CCNC(=O)C1CCCN(C(=O)NCC2(c3ccccc3)CCC2)C1. The van der Waals surface area contributed by atoms with Crippen molar-refractivity contribution in [2.45, 2.75) is 44.4 Å². The molecule has 1 aromatic carbocycles. The fourth-order valence-corrected chi connectivity index (χ4v) is 4.01. The third-order valence-electron chi connectivity index (χ3n) is 5.71. The quantitative estimate of drug-likeness (QED) is 0.863. The van der Waals surface area contributed by atoms with Crippen molar-refractivity contribution < 1.29 is 9.59 Å². The number of rotatable bonds is 5. The van der Waals surface area contributed by atoms with E-state index in [4.69, 9.17) is 0 Å². The van der Waals surface area contributed by atoms with Crippen LogP contribution in [0.15, 0.2) is 30.3 Å². The zero-order valence-electron chi connectivity index (χ0n) is 15.1. The highest BCUT2D eigenvalue weighted by molar-refractivity contribution is 5.80. The molecule has 1 unspecified atom stereocenters. The van der Waals surface area contributed by atoms with E-state index in [0.29, 0.717) is 19.6 Å². The Kier molecular flexibility index (Phi) is 5.61. The van der Waals surface area contributed by atoms with Gasteiger partial charge in [0.25, 0.3) is 0 Å². The van der Waals surface area contributed by atoms with Crippen LogP contribution in [0, 0.1) is 5.92 Å². The van der Waals surface area contributed by atoms with Crippen molar-refractivity contribution in [2.75, 3.05) is 26.2 Å². The molecule has 1 aliphatic carbocycles. The number of benzene rings is 1. The average Bonchev–Trinajstić information content (AvgIpc) is 2.62. The molecule has 0 spiro atoms. The molecule has 1 saturated heterocycles. The van der Waals surface area contributed by atoms with Crippen LogP contribution in [-0.4, -0.2) is 43.0 Å². The number of urea groups is 1. The summed E-state index contributed by atoms with van der Waals surface area (Å²) in [6.07, 6.45) is 5.22. The van der Waals surface area contributed by atoms with Crippen LogP contribution in [0.2, 0.25) is 0 Å². The van der Waals surface area contributed by atoms with Crippen LogP contribution in [-0.2, 0) is 10.2 Å². The molecule has 5 nitrogen and oxygen atoms in total. The molecule has 1 atom stereocenters. The Hall–Kier alpha value is -2.04. The predicted octanol–water partition coefficient (Wildman–Crippen LogP) is 2.67. The molecule has 136 valence electrons. The second-order valence-electron chi connectivity index (χ2n) is 7.34. The van der Waals surface area contributed by atoms with Gasteiger partial charge in [0.2, 0.25) is 5.91 Å². The highest BCUT2D eigenvalue weighted by atomic mass is 16.2. The number of hydrogen-bond acceptors (Lipinski definition) is 2. The van der Waals surface area contributed by atoms with Gasteiger partial charge >= 0.3 is 6.03 Å². The van der Waals surface area contributed by atoms with Gasteiger partial charge in [0.05, 0.1) is 5.92 Å². The first-order valence-electron chi connectivity index (χ1n) is 9.51. The molecular weight excluding hydrogens is 314 g/mol. The summed E-state index contributed by atoms with van der Waals surface area (Å²) in [5.41, 5.74) is 1.41. The number of nitrogens with one attached hydrogen (secondary N) is 2. The number of amides is 3. The Morgan fingerprint density at radius 3 is 2.56 bits per heavy atom. The molecule has 5 heteroatoms. The number of hydrogen-bond donors (Lipinski definition) is 2. The Bertz CT molecular complexity index is 598. The lowest BCUT2D eigenvalue weighted by Crippen LogP contribution is -2.52. The average molecular weight is 343 g/mol. The van der Waals surface area contributed by atoms with Crippen LogP contribution < -0.4 is 10.6 Å². The van der Waals surface area contributed by atoms with E-state index < -0.39 is 0 Å². The largest absolute Gasteiger partial charge is 0.356 e. The van der Waals surface area contributed by atoms with Crippen LogP contribution in [0.1, 0.15) is 44.6 Å². The minimum atomic E-state index is -0.0776. The lowest BCUT2D eigenvalue weighted by Gasteiger charge is -2.43. The smallest absolute Gasteiger partial charge is 0.317 e. The van der Waals surface area contributed by atoms with Gasteiger partial charge in [-0.3, -0.25) is 4.79 Å². The Balaban J connectivity index is 1.56. The minimum Gasteiger partial charge on any atom is -0.356 e. The van der Waals surface area contributed by atoms with Crippen LogP contribution in [0.5, 0.6) is 0 Å². The molecule has 0 aromatic heterocycles. The summed E-state index contributed by atoms with van der Waals surface area (Å²) in [6, 6.07) is 10.5. The summed E-state index contributed by atoms with van der Waals surface area (Å²) in [5, 5.41) is 6.01. The molecule has 1 saturated carbocycles. The van der Waals surface area contributed by atoms with Gasteiger partial charge in [-0.2, -0.15) is 0 Å². The second-order valence-corrected chi connectivity index (χ2v) is 7.34. The maximum Gasteiger partial charge on any atom is 0.317 e. The van der Waals surface area contributed by atoms with Crippen molar-refractivity contribution in [3.63, 3.8) is 0 Å². The van der Waals surface area contributed by atoms with Crippen LogP contribution >= 0.6 is 0 Å². The third-order valence-corrected chi connectivity index (χ3v) is 5.71. The lowest BCUT2D eigenvalue weighted by atomic mass is 9.64. The van der Waals surface area contributed by atoms with E-state index in [0.717, 1.165) is 32.2 Å². The fourth-order valence-electron chi connectivity index (χ4n) is 4.01. The standard InChI is InChI=1S/C20H29N3O2/c1-2-21-18(24)16-8-6-13-23(14-16)19(25)22-15-20(11-7-12-20)17-9-4-3-5-10-17/h3-5,9-10,16H,2,6-8,11-15H2,1H3,(H,21,24)(H,22,25). The van der Waals surface area contributed by atoms with Gasteiger partial charge in [0, 0.05) is 31.6 Å². The number of nitrogens with zero attached hydrogens (tertiary/aromatic N) is 1. The maximum absolute atomic E-state index is 12.6. The van der Waals surface area contributed by atoms with Gasteiger partial charge in [-0.1, -0.05) is 36.8 Å². The zero-order chi connectivity index (χ0) is 17.7. The number of carbonyl (C=O) groups excluding carboxylic acids is 2. The maximum atomic E-state index is 12.6. The van der Waals surface area contributed by atoms with Gasteiger partial charge in [-0.15, -0.1) is 0 Å². The molecule has 0 radical (unpaired) electrons. The van der Waals surface area contributed by atoms with Crippen molar-refractivity contribution in [1.29, 1.82) is 0 Å². The van der Waals surface area contributed by atoms with Gasteiger partial charge in [0.15, 0.2) is 0 Å². The zero-order valence-corrected chi connectivity index (χ0v) is 15.1. The van der Waals surface area contributed by atoms with Crippen molar-refractivity contribution in [3.05, 3.63) is 35.9 Å². The van der Waals surface area contributed by atoms with E-state index in [9.17, 15) is 9.59 Å². The Morgan fingerprint density at radius 2 is 1.92 bits per heavy atom. The molecule has 2 aliphatic rings. The molecule has 1 heterocycles. The molecule has 0 bridgehead atoms. The fraction of sp³-hybridized carbons (Fsp3) is 0.600. The van der Waals surface area contributed by atoms with Gasteiger partial charge in [0.1, 0.15) is 0 Å². The molecule has 3 rings (SSSR count). The summed E-state index contributed by atoms with van der Waals surface area (Å²) in [5.74, 6) is -0.00835. The van der Waals surface area contributed by atoms with Crippen LogP contribution in [0.25, 0.3) is 0 Å². The highest BCUT2D eigenvalue weighted by Crippen LogP contribution is 2.43. The third kappa shape index (κ3) is 3.97. The van der Waals surface area contributed by atoms with Crippen molar-refractivity contribution >= 4 is 11.9 Å². The molecule has 3 amide bonds. The molecule has 2 N–H and O–H groups in total. The summed E-state index contributed by atoms with van der Waals surface area (Å²) in [4.78, 5) is 26.5. The number of likely N-dealkylation sites (tertiary alicyclic amines) is 1. The van der Waals surface area contributed by atoms with Crippen molar-refractivity contribution in [2.24, 2.45) is 5.92 Å². The molecule has 25 heavy (non-hydrogen) atoms. The second kappa shape index (κ2) is 7.89. The van der Waals surface area contributed by atoms with Crippen LogP contribution in [0.4, 0.5) is 4.79 Å². The Morgan fingerprint density at radius 1 is 1.16 bits per heavy atom. The summed E-state index contributed by atoms with van der Waals surface area (Å²) >= 11 is 0. The normalized spacial score (nSPS) is 22.0.